The van der Waals surface area contributed by atoms with Crippen molar-refractivity contribution in [3.63, 3.8) is 0 Å². The van der Waals surface area contributed by atoms with Gasteiger partial charge < -0.3 is 4.74 Å². The summed E-state index contributed by atoms with van der Waals surface area (Å²) in [5.41, 5.74) is 1.57. The molecular formula is C13H19FO. The van der Waals surface area contributed by atoms with E-state index >= 15 is 0 Å². The van der Waals surface area contributed by atoms with Crippen LogP contribution in [-0.2, 0) is 0 Å². The summed E-state index contributed by atoms with van der Waals surface area (Å²) in [6.45, 7) is 9.76. The lowest BCUT2D eigenvalue weighted by Crippen LogP contribution is -2.08. The lowest BCUT2D eigenvalue weighted by Gasteiger charge is -2.15. The fourth-order valence-electron chi connectivity index (χ4n) is 1.49. The molecule has 0 saturated carbocycles. The number of hydrogen-bond donors (Lipinski definition) is 0. The van der Waals surface area contributed by atoms with Crippen molar-refractivity contribution >= 4 is 0 Å². The highest BCUT2D eigenvalue weighted by atomic mass is 19.1. The Morgan fingerprint density at radius 3 is 2.20 bits per heavy atom. The van der Waals surface area contributed by atoms with Crippen LogP contribution in [-0.4, -0.2) is 6.10 Å². The molecule has 1 aromatic carbocycles. The molecule has 0 spiro atoms. The van der Waals surface area contributed by atoms with Gasteiger partial charge in [0.15, 0.2) is 0 Å². The maximum absolute atomic E-state index is 13.6. The highest BCUT2D eigenvalue weighted by Crippen LogP contribution is 2.27. The highest BCUT2D eigenvalue weighted by Gasteiger charge is 2.11. The largest absolute Gasteiger partial charge is 0.491 e. The molecule has 1 rings (SSSR count). The van der Waals surface area contributed by atoms with E-state index < -0.39 is 0 Å². The van der Waals surface area contributed by atoms with Gasteiger partial charge in [0, 0.05) is 0 Å². The smallest absolute Gasteiger partial charge is 0.127 e. The quantitative estimate of drug-likeness (QED) is 0.731. The van der Waals surface area contributed by atoms with E-state index in [0.717, 1.165) is 16.9 Å². The fourth-order valence-corrected chi connectivity index (χ4v) is 1.49. The minimum absolute atomic E-state index is 0.120. The number of rotatable bonds is 3. The summed E-state index contributed by atoms with van der Waals surface area (Å²) >= 11 is 0. The third-order valence-electron chi connectivity index (χ3n) is 2.28. The average Bonchev–Trinajstić information content (AvgIpc) is 2.08. The Labute approximate surface area is 91.3 Å². The van der Waals surface area contributed by atoms with Gasteiger partial charge in [-0.1, -0.05) is 13.8 Å². The second-order valence-electron chi connectivity index (χ2n) is 4.46. The lowest BCUT2D eigenvalue weighted by atomic mass is 10.0. The standard InChI is InChI=1S/C13H19FO/c1-8(2)11-7-13(15-9(3)4)10(5)6-12(11)14/h6-9H,1-5H3. The third kappa shape index (κ3) is 2.95. The molecule has 0 aliphatic heterocycles. The van der Waals surface area contributed by atoms with Gasteiger partial charge in [-0.3, -0.25) is 0 Å². The van der Waals surface area contributed by atoms with Crippen molar-refractivity contribution in [3.8, 4) is 5.75 Å². The molecule has 0 atom stereocenters. The number of benzene rings is 1. The van der Waals surface area contributed by atoms with E-state index in [4.69, 9.17) is 4.74 Å². The van der Waals surface area contributed by atoms with Gasteiger partial charge in [0.1, 0.15) is 11.6 Å². The molecule has 0 aliphatic carbocycles. The maximum Gasteiger partial charge on any atom is 0.127 e. The van der Waals surface area contributed by atoms with Gasteiger partial charge in [0.05, 0.1) is 6.10 Å². The van der Waals surface area contributed by atoms with Crippen LogP contribution in [0, 0.1) is 12.7 Å². The first-order valence-electron chi connectivity index (χ1n) is 5.38. The molecule has 2 heteroatoms. The molecule has 84 valence electrons. The Balaban J connectivity index is 3.11. The zero-order chi connectivity index (χ0) is 11.6. The molecule has 0 saturated heterocycles. The van der Waals surface area contributed by atoms with E-state index in [2.05, 4.69) is 0 Å². The molecule has 15 heavy (non-hydrogen) atoms. The zero-order valence-electron chi connectivity index (χ0n) is 10.1. The normalized spacial score (nSPS) is 11.2. The monoisotopic (exact) mass is 210 g/mol. The molecule has 0 fully saturated rings. The van der Waals surface area contributed by atoms with Crippen LogP contribution >= 0.6 is 0 Å². The molecular weight excluding hydrogens is 191 g/mol. The van der Waals surface area contributed by atoms with Crippen LogP contribution < -0.4 is 4.74 Å². The van der Waals surface area contributed by atoms with E-state index in [-0.39, 0.29) is 17.8 Å². The first kappa shape index (κ1) is 12.0. The van der Waals surface area contributed by atoms with Crippen molar-refractivity contribution in [2.75, 3.05) is 0 Å². The molecule has 1 aromatic rings. The van der Waals surface area contributed by atoms with E-state index in [0.29, 0.717) is 0 Å². The molecule has 1 nitrogen and oxygen atoms in total. The summed E-state index contributed by atoms with van der Waals surface area (Å²) in [6, 6.07) is 3.36. The summed E-state index contributed by atoms with van der Waals surface area (Å²) in [7, 11) is 0. The van der Waals surface area contributed by atoms with Crippen molar-refractivity contribution in [2.24, 2.45) is 0 Å². The van der Waals surface area contributed by atoms with Gasteiger partial charge in [-0.2, -0.15) is 0 Å². The van der Waals surface area contributed by atoms with Crippen LogP contribution in [0.3, 0.4) is 0 Å². The Morgan fingerprint density at radius 2 is 1.73 bits per heavy atom. The van der Waals surface area contributed by atoms with Crippen LogP contribution in [0.5, 0.6) is 5.75 Å². The molecule has 0 N–H and O–H groups in total. The Bertz CT molecular complexity index is 343. The molecule has 0 bridgehead atoms. The fraction of sp³-hybridized carbons (Fsp3) is 0.538. The van der Waals surface area contributed by atoms with E-state index in [9.17, 15) is 4.39 Å². The SMILES string of the molecule is Cc1cc(F)c(C(C)C)cc1OC(C)C. The molecule has 0 unspecified atom stereocenters. The van der Waals surface area contributed by atoms with Gasteiger partial charge in [0.25, 0.3) is 0 Å². The van der Waals surface area contributed by atoms with Crippen molar-refractivity contribution in [2.45, 2.75) is 46.6 Å². The molecule has 0 amide bonds. The highest BCUT2D eigenvalue weighted by molar-refractivity contribution is 5.39. The average molecular weight is 210 g/mol. The number of halogens is 1. The second kappa shape index (κ2) is 4.65. The van der Waals surface area contributed by atoms with Crippen LogP contribution in [0.4, 0.5) is 4.39 Å². The molecule has 0 radical (unpaired) electrons. The maximum atomic E-state index is 13.6. The van der Waals surface area contributed by atoms with Gasteiger partial charge in [-0.25, -0.2) is 4.39 Å². The van der Waals surface area contributed by atoms with Crippen LogP contribution in [0.15, 0.2) is 12.1 Å². The van der Waals surface area contributed by atoms with Gasteiger partial charge in [0.2, 0.25) is 0 Å². The second-order valence-corrected chi connectivity index (χ2v) is 4.46. The zero-order valence-corrected chi connectivity index (χ0v) is 10.1. The summed E-state index contributed by atoms with van der Waals surface area (Å²) in [5.74, 6) is 0.828. The van der Waals surface area contributed by atoms with Crippen molar-refractivity contribution in [3.05, 3.63) is 29.1 Å². The lowest BCUT2D eigenvalue weighted by molar-refractivity contribution is 0.240. The Kier molecular flexibility index (Phi) is 3.72. The van der Waals surface area contributed by atoms with Crippen molar-refractivity contribution in [1.82, 2.24) is 0 Å². The van der Waals surface area contributed by atoms with Crippen LogP contribution in [0.25, 0.3) is 0 Å². The van der Waals surface area contributed by atoms with Crippen molar-refractivity contribution in [1.29, 1.82) is 0 Å². The molecule has 0 aromatic heterocycles. The van der Waals surface area contributed by atoms with E-state index in [1.165, 1.54) is 0 Å². The van der Waals surface area contributed by atoms with Gasteiger partial charge >= 0.3 is 0 Å². The third-order valence-corrected chi connectivity index (χ3v) is 2.28. The predicted molar refractivity (Wildman–Crippen MR) is 61.0 cm³/mol. The van der Waals surface area contributed by atoms with E-state index in [1.54, 1.807) is 6.07 Å². The van der Waals surface area contributed by atoms with Gasteiger partial charge in [-0.05, 0) is 49.9 Å². The summed E-state index contributed by atoms with van der Waals surface area (Å²) in [4.78, 5) is 0. The molecule has 0 aliphatic rings. The minimum Gasteiger partial charge on any atom is -0.491 e. The number of hydrogen-bond acceptors (Lipinski definition) is 1. The Hall–Kier alpha value is -1.05. The van der Waals surface area contributed by atoms with Crippen molar-refractivity contribution < 1.29 is 9.13 Å². The topological polar surface area (TPSA) is 9.23 Å². The molecule has 0 heterocycles. The summed E-state index contributed by atoms with van der Waals surface area (Å²) in [6.07, 6.45) is 0.120. The Morgan fingerprint density at radius 1 is 1.13 bits per heavy atom. The summed E-state index contributed by atoms with van der Waals surface area (Å²) in [5, 5.41) is 0. The summed E-state index contributed by atoms with van der Waals surface area (Å²) < 4.78 is 19.2. The minimum atomic E-state index is -0.140. The van der Waals surface area contributed by atoms with E-state index in [1.807, 2.05) is 40.7 Å². The number of aryl methyl sites for hydroxylation is 1. The number of ether oxygens (including phenoxy) is 1. The predicted octanol–water partition coefficient (Wildman–Crippen LogP) is 4.04. The van der Waals surface area contributed by atoms with Crippen LogP contribution in [0.1, 0.15) is 44.7 Å². The first-order valence-corrected chi connectivity index (χ1v) is 5.38. The first-order chi connectivity index (χ1) is 6.91. The van der Waals surface area contributed by atoms with Crippen LogP contribution in [0.2, 0.25) is 0 Å². The van der Waals surface area contributed by atoms with Gasteiger partial charge in [-0.15, -0.1) is 0 Å².